The molecule has 0 aliphatic rings. The number of methoxy groups -OCH3 is 1. The maximum Gasteiger partial charge on any atom is 0.251 e. The number of amides is 2. The number of ether oxygens (including phenoxy) is 1. The zero-order valence-electron chi connectivity index (χ0n) is 27.3. The molecule has 0 spiro atoms. The summed E-state index contributed by atoms with van der Waals surface area (Å²) in [7, 11) is -2.30. The predicted molar refractivity (Wildman–Crippen MR) is 191 cm³/mol. The van der Waals surface area contributed by atoms with Gasteiger partial charge in [0, 0.05) is 34.4 Å². The first-order chi connectivity index (χ1) is 23.0. The number of rotatable bonds is 18. The highest BCUT2D eigenvalue weighted by atomic mass is 32.2. The third-order valence-corrected chi connectivity index (χ3v) is 9.47. The van der Waals surface area contributed by atoms with Crippen LogP contribution in [0.25, 0.3) is 11.3 Å². The van der Waals surface area contributed by atoms with E-state index < -0.39 is 33.9 Å². The lowest BCUT2D eigenvalue weighted by Gasteiger charge is -2.25. The zero-order valence-corrected chi connectivity index (χ0v) is 28.9. The summed E-state index contributed by atoms with van der Waals surface area (Å²) >= 11 is 1.46. The molecule has 0 radical (unpaired) electrons. The molecule has 4 aromatic rings. The van der Waals surface area contributed by atoms with Crippen LogP contribution in [0.2, 0.25) is 0 Å². The fraction of sp³-hybridized carbons (Fsp3) is 0.353. The number of anilines is 3. The molecule has 12 nitrogen and oxygen atoms in total. The molecular formula is C34H43N7O5S2. The van der Waals surface area contributed by atoms with E-state index in [1.54, 1.807) is 48.8 Å². The van der Waals surface area contributed by atoms with Gasteiger partial charge in [0.05, 0.1) is 30.4 Å². The number of carbonyl (C=O) groups excluding carboxylic acids is 2. The maximum absolute atomic E-state index is 13.6. The van der Waals surface area contributed by atoms with E-state index in [4.69, 9.17) is 10.5 Å². The van der Waals surface area contributed by atoms with Gasteiger partial charge in [-0.3, -0.25) is 19.3 Å². The minimum Gasteiger partial charge on any atom is -0.497 e. The Labute approximate surface area is 286 Å². The second-order valence-electron chi connectivity index (χ2n) is 11.7. The summed E-state index contributed by atoms with van der Waals surface area (Å²) in [4.78, 5) is 35.6. The molecule has 2 heterocycles. The Balaban J connectivity index is 1.41. The average molecular weight is 694 g/mol. The Morgan fingerprint density at radius 3 is 2.38 bits per heavy atom. The van der Waals surface area contributed by atoms with Crippen molar-refractivity contribution in [3.63, 3.8) is 0 Å². The summed E-state index contributed by atoms with van der Waals surface area (Å²) in [5, 5.41) is 11.6. The number of sulfonamides is 1. The smallest absolute Gasteiger partial charge is 0.251 e. The van der Waals surface area contributed by atoms with Crippen LogP contribution in [-0.2, 0) is 14.8 Å². The molecule has 256 valence electrons. The van der Waals surface area contributed by atoms with E-state index in [1.807, 2.05) is 43.5 Å². The molecule has 0 unspecified atom stereocenters. The van der Waals surface area contributed by atoms with Crippen LogP contribution in [0, 0.1) is 5.92 Å². The fourth-order valence-corrected chi connectivity index (χ4v) is 7.04. The molecule has 14 heteroatoms. The number of thiazole rings is 1. The third-order valence-electron chi connectivity index (χ3n) is 7.33. The SMILES string of the molecule is COc1ccc(NS(=O)(=O)C[C@H](CCCCN)NC(=O)[C@H](CC(C)C)NC(=O)c2ccc(-c3csc(Nc4cccnc4)n3)cc2)cc1. The minimum atomic E-state index is -3.83. The lowest BCUT2D eigenvalue weighted by molar-refractivity contribution is -0.124. The lowest BCUT2D eigenvalue weighted by atomic mass is 10.0. The maximum atomic E-state index is 13.6. The number of hydrogen-bond donors (Lipinski definition) is 5. The number of nitrogens with zero attached hydrogens (tertiary/aromatic N) is 2. The normalized spacial score (nSPS) is 12.6. The molecule has 6 N–H and O–H groups in total. The Bertz CT molecular complexity index is 1710. The second kappa shape index (κ2) is 17.6. The van der Waals surface area contributed by atoms with E-state index >= 15 is 0 Å². The molecule has 48 heavy (non-hydrogen) atoms. The molecule has 2 amide bonds. The largest absolute Gasteiger partial charge is 0.497 e. The van der Waals surface area contributed by atoms with Crippen LogP contribution in [0.1, 0.15) is 49.9 Å². The third kappa shape index (κ3) is 11.3. The molecule has 2 aromatic carbocycles. The van der Waals surface area contributed by atoms with E-state index in [-0.39, 0.29) is 11.7 Å². The topological polar surface area (TPSA) is 177 Å². The summed E-state index contributed by atoms with van der Waals surface area (Å²) in [6, 6.07) is 15.7. The van der Waals surface area contributed by atoms with Gasteiger partial charge in [0.1, 0.15) is 11.8 Å². The summed E-state index contributed by atoms with van der Waals surface area (Å²) in [6.07, 6.45) is 5.51. The summed E-state index contributed by atoms with van der Waals surface area (Å²) < 4.78 is 33.9. The van der Waals surface area contributed by atoms with Crippen molar-refractivity contribution in [3.05, 3.63) is 84.0 Å². The molecule has 0 fully saturated rings. The minimum absolute atomic E-state index is 0.0822. The molecule has 2 aromatic heterocycles. The number of carbonyl (C=O) groups is 2. The highest BCUT2D eigenvalue weighted by molar-refractivity contribution is 7.92. The summed E-state index contributed by atoms with van der Waals surface area (Å²) in [5.74, 6) is -0.508. The molecule has 0 aliphatic heterocycles. The van der Waals surface area contributed by atoms with Gasteiger partial charge in [-0.2, -0.15) is 0 Å². The van der Waals surface area contributed by atoms with E-state index in [2.05, 4.69) is 30.6 Å². The molecule has 4 rings (SSSR count). The van der Waals surface area contributed by atoms with Gasteiger partial charge in [0.15, 0.2) is 5.13 Å². The molecule has 2 atom stereocenters. The number of hydrogen-bond acceptors (Lipinski definition) is 10. The van der Waals surface area contributed by atoms with Gasteiger partial charge in [0.25, 0.3) is 5.91 Å². The first kappa shape index (κ1) is 36.3. The number of pyridine rings is 1. The van der Waals surface area contributed by atoms with Gasteiger partial charge in [0.2, 0.25) is 15.9 Å². The molecular weight excluding hydrogens is 651 g/mol. The van der Waals surface area contributed by atoms with Crippen molar-refractivity contribution in [1.29, 1.82) is 0 Å². The van der Waals surface area contributed by atoms with Crippen LogP contribution < -0.4 is 31.1 Å². The number of benzene rings is 2. The zero-order chi connectivity index (χ0) is 34.5. The van der Waals surface area contributed by atoms with Crippen LogP contribution >= 0.6 is 11.3 Å². The van der Waals surface area contributed by atoms with E-state index in [0.717, 1.165) is 16.9 Å². The van der Waals surface area contributed by atoms with E-state index in [9.17, 15) is 18.0 Å². The molecule has 0 aliphatic carbocycles. The van der Waals surface area contributed by atoms with Crippen LogP contribution in [0.5, 0.6) is 5.75 Å². The quantitative estimate of drug-likeness (QED) is 0.0881. The van der Waals surface area contributed by atoms with Crippen molar-refractivity contribution < 1.29 is 22.7 Å². The first-order valence-corrected chi connectivity index (χ1v) is 18.3. The lowest BCUT2D eigenvalue weighted by Crippen LogP contribution is -2.51. The van der Waals surface area contributed by atoms with Gasteiger partial charge in [-0.25, -0.2) is 13.4 Å². The van der Waals surface area contributed by atoms with E-state index in [0.29, 0.717) is 54.4 Å². The van der Waals surface area contributed by atoms with Crippen molar-refractivity contribution in [3.8, 4) is 17.0 Å². The van der Waals surface area contributed by atoms with E-state index in [1.165, 1.54) is 18.4 Å². The van der Waals surface area contributed by atoms with Gasteiger partial charge in [-0.1, -0.05) is 32.4 Å². The van der Waals surface area contributed by atoms with Gasteiger partial charge >= 0.3 is 0 Å². The molecule has 0 saturated heterocycles. The van der Waals surface area contributed by atoms with Gasteiger partial charge in [-0.15, -0.1) is 11.3 Å². The van der Waals surface area contributed by atoms with Gasteiger partial charge in [-0.05, 0) is 80.3 Å². The van der Waals surface area contributed by atoms with Crippen molar-refractivity contribution in [2.75, 3.05) is 29.4 Å². The van der Waals surface area contributed by atoms with Crippen LogP contribution in [-0.4, -0.2) is 61.7 Å². The average Bonchev–Trinajstić information content (AvgIpc) is 3.53. The second-order valence-corrected chi connectivity index (χ2v) is 14.4. The number of aromatic nitrogens is 2. The molecule has 0 bridgehead atoms. The highest BCUT2D eigenvalue weighted by Gasteiger charge is 2.27. The summed E-state index contributed by atoms with van der Waals surface area (Å²) in [6.45, 7) is 4.36. The Morgan fingerprint density at radius 1 is 0.979 bits per heavy atom. The standard InChI is InChI=1S/C34H43N7O5S2/c1-23(2)19-30(33(43)37-28(7-4-5-17-35)22-48(44,45)41-26-13-15-29(46-3)16-14-26)39-32(42)25-11-9-24(10-12-25)31-21-47-34(40-31)38-27-8-6-18-36-20-27/h6,8-16,18,20-21,23,28,30,41H,4-5,7,17,19,22,35H2,1-3H3,(H,37,43)(H,38,40)(H,39,42)/t28-,30-/m0/s1. The van der Waals surface area contributed by atoms with Crippen molar-refractivity contribution in [2.24, 2.45) is 11.7 Å². The van der Waals surface area contributed by atoms with Gasteiger partial charge < -0.3 is 26.4 Å². The van der Waals surface area contributed by atoms with Crippen molar-refractivity contribution in [1.82, 2.24) is 20.6 Å². The van der Waals surface area contributed by atoms with Crippen LogP contribution in [0.3, 0.4) is 0 Å². The first-order valence-electron chi connectivity index (χ1n) is 15.7. The Kier molecular flexibility index (Phi) is 13.3. The van der Waals surface area contributed by atoms with Crippen molar-refractivity contribution >= 4 is 49.7 Å². The summed E-state index contributed by atoms with van der Waals surface area (Å²) in [5.41, 5.74) is 8.87. The number of nitrogens with two attached hydrogens (primary N) is 1. The number of unbranched alkanes of at least 4 members (excludes halogenated alkanes) is 1. The fourth-order valence-electron chi connectivity index (χ4n) is 4.94. The van der Waals surface area contributed by atoms with Crippen LogP contribution in [0.4, 0.5) is 16.5 Å². The Morgan fingerprint density at radius 2 is 1.73 bits per heavy atom. The monoisotopic (exact) mass is 693 g/mol. The van der Waals surface area contributed by atoms with Crippen molar-refractivity contribution in [2.45, 2.75) is 51.6 Å². The van der Waals surface area contributed by atoms with Crippen LogP contribution in [0.15, 0.2) is 78.4 Å². The highest BCUT2D eigenvalue weighted by Crippen LogP contribution is 2.27. The Hall–Kier alpha value is -4.53. The predicted octanol–water partition coefficient (Wildman–Crippen LogP) is 5.16. The number of nitrogens with one attached hydrogen (secondary N) is 4. The molecule has 0 saturated carbocycles.